The highest BCUT2D eigenvalue weighted by molar-refractivity contribution is 6.30. The Morgan fingerprint density at radius 3 is 2.29 bits per heavy atom. The highest BCUT2D eigenvalue weighted by Gasteiger charge is 2.65. The number of nitrogens with zero attached hydrogens (tertiary/aromatic N) is 1. The summed E-state index contributed by atoms with van der Waals surface area (Å²) in [5.74, 6) is -2.34. The molecule has 2 aliphatic rings. The van der Waals surface area contributed by atoms with E-state index in [0.717, 1.165) is 10.6 Å². The number of aromatic hydroxyl groups is 1. The number of carbonyl (C=O) groups is 2. The van der Waals surface area contributed by atoms with Gasteiger partial charge in [-0.3, -0.25) is 15.0 Å². The van der Waals surface area contributed by atoms with Gasteiger partial charge in [0.25, 0.3) is 11.8 Å². The molecular weight excluding hydrogens is 547 g/mol. The van der Waals surface area contributed by atoms with Crippen LogP contribution in [0, 0.1) is 17.7 Å². The fraction of sp³-hybridized carbons (Fsp3) is 0.188. The van der Waals surface area contributed by atoms with Gasteiger partial charge < -0.3 is 14.6 Å². The highest BCUT2D eigenvalue weighted by Crippen LogP contribution is 2.54. The summed E-state index contributed by atoms with van der Waals surface area (Å²) in [5.41, 5.74) is 4.00. The average Bonchev–Trinajstić information content (AvgIpc) is 3.20. The van der Waals surface area contributed by atoms with Crippen molar-refractivity contribution in [3.63, 3.8) is 0 Å². The van der Waals surface area contributed by atoms with Crippen LogP contribution in [0.2, 0.25) is 5.02 Å². The largest absolute Gasteiger partial charge is 0.502 e. The zero-order chi connectivity index (χ0) is 29.3. The maximum atomic E-state index is 14.5. The van der Waals surface area contributed by atoms with Crippen molar-refractivity contribution in [1.29, 1.82) is 0 Å². The zero-order valence-electron chi connectivity index (χ0n) is 22.4. The molecule has 2 N–H and O–H groups in total. The Hall–Kier alpha value is -4.56. The first-order valence-electron chi connectivity index (χ1n) is 12.9. The molecule has 1 saturated heterocycles. The molecule has 2 amide bonds. The van der Waals surface area contributed by atoms with Gasteiger partial charge in [-0.1, -0.05) is 54.6 Å². The number of methoxy groups -OCH3 is 2. The topological polar surface area (TPSA) is 88.1 Å². The number of phenolic OH excluding ortho intramolecular Hbond substituents is 1. The van der Waals surface area contributed by atoms with Crippen LogP contribution in [-0.4, -0.2) is 36.1 Å². The van der Waals surface area contributed by atoms with Crippen LogP contribution in [0.1, 0.15) is 17.5 Å². The molecule has 0 spiro atoms. The van der Waals surface area contributed by atoms with Gasteiger partial charge in [0, 0.05) is 10.9 Å². The molecule has 1 aliphatic carbocycles. The second kappa shape index (κ2) is 11.1. The standard InChI is InChI=1S/C32H28ClFN2O5/c1-4-20-6-16-26-30(38)36(35-24-13-11-23(34)12-14-24)31(39)32(26,21-7-9-22(33)10-8-21)25(20)15-5-19-17-27(40-2)29(37)28(18-19)41-3/h4-15,17-18,25-26,35,37H,1,16H2,2-3H3. The minimum absolute atomic E-state index is 0.131. The van der Waals surface area contributed by atoms with Gasteiger partial charge >= 0.3 is 0 Å². The number of phenols is 1. The Kier molecular flexibility index (Phi) is 7.60. The fourth-order valence-corrected chi connectivity index (χ4v) is 5.87. The fourth-order valence-electron chi connectivity index (χ4n) is 5.74. The van der Waals surface area contributed by atoms with Crippen LogP contribution in [0.25, 0.3) is 6.08 Å². The number of benzene rings is 3. The van der Waals surface area contributed by atoms with Crippen molar-refractivity contribution in [3.05, 3.63) is 113 Å². The van der Waals surface area contributed by atoms with Gasteiger partial charge in [0.15, 0.2) is 11.5 Å². The van der Waals surface area contributed by atoms with Gasteiger partial charge in [0.2, 0.25) is 5.75 Å². The summed E-state index contributed by atoms with van der Waals surface area (Å²) in [4.78, 5) is 28.4. The Morgan fingerprint density at radius 2 is 1.71 bits per heavy atom. The van der Waals surface area contributed by atoms with E-state index in [9.17, 15) is 19.1 Å². The molecule has 1 heterocycles. The maximum absolute atomic E-state index is 14.5. The second-order valence-electron chi connectivity index (χ2n) is 9.78. The number of halogens is 2. The average molecular weight is 575 g/mol. The number of rotatable bonds is 8. The lowest BCUT2D eigenvalue weighted by Crippen LogP contribution is -2.49. The summed E-state index contributed by atoms with van der Waals surface area (Å²) in [7, 11) is 2.88. The summed E-state index contributed by atoms with van der Waals surface area (Å²) in [6, 6.07) is 15.6. The van der Waals surface area contributed by atoms with Crippen LogP contribution in [0.15, 0.2) is 91.0 Å². The number of ether oxygens (including phenoxy) is 2. The molecule has 41 heavy (non-hydrogen) atoms. The Labute approximate surface area is 242 Å². The van der Waals surface area contributed by atoms with Crippen molar-refractivity contribution in [2.75, 3.05) is 19.6 Å². The molecule has 0 saturated carbocycles. The van der Waals surface area contributed by atoms with Crippen molar-refractivity contribution < 1.29 is 28.6 Å². The summed E-state index contributed by atoms with van der Waals surface area (Å²) in [6.45, 7) is 3.99. The maximum Gasteiger partial charge on any atom is 0.260 e. The molecule has 1 aliphatic heterocycles. The number of hydrogen-bond donors (Lipinski definition) is 2. The molecule has 3 aromatic rings. The minimum atomic E-state index is -1.34. The number of allylic oxidation sites excluding steroid dienone is 4. The first-order chi connectivity index (χ1) is 19.7. The van der Waals surface area contributed by atoms with Gasteiger partial charge in [-0.2, -0.15) is 5.01 Å². The molecule has 0 bridgehead atoms. The number of carbonyl (C=O) groups excluding carboxylic acids is 2. The molecule has 5 rings (SSSR count). The van der Waals surface area contributed by atoms with Crippen LogP contribution in [0.5, 0.6) is 17.2 Å². The quantitative estimate of drug-likeness (QED) is 0.307. The normalized spacial score (nSPS) is 22.0. The summed E-state index contributed by atoms with van der Waals surface area (Å²) in [6.07, 6.45) is 7.56. The van der Waals surface area contributed by atoms with Crippen LogP contribution in [0.3, 0.4) is 0 Å². The molecule has 3 unspecified atom stereocenters. The number of fused-ring (bicyclic) bond motifs is 1. The lowest BCUT2D eigenvalue weighted by Gasteiger charge is -2.41. The van der Waals surface area contributed by atoms with Gasteiger partial charge in [-0.15, -0.1) is 0 Å². The lowest BCUT2D eigenvalue weighted by molar-refractivity contribution is -0.138. The number of amides is 2. The molecule has 0 aromatic heterocycles. The highest BCUT2D eigenvalue weighted by atomic mass is 35.5. The lowest BCUT2D eigenvalue weighted by atomic mass is 9.57. The smallest absolute Gasteiger partial charge is 0.260 e. The Bertz CT molecular complexity index is 1540. The predicted octanol–water partition coefficient (Wildman–Crippen LogP) is 6.30. The van der Waals surface area contributed by atoms with E-state index in [2.05, 4.69) is 12.0 Å². The number of imide groups is 1. The summed E-state index contributed by atoms with van der Waals surface area (Å²) >= 11 is 6.22. The summed E-state index contributed by atoms with van der Waals surface area (Å²) < 4.78 is 24.1. The van der Waals surface area contributed by atoms with Crippen LogP contribution in [-0.2, 0) is 15.0 Å². The van der Waals surface area contributed by atoms with Crippen molar-refractivity contribution in [2.24, 2.45) is 11.8 Å². The Morgan fingerprint density at radius 1 is 1.07 bits per heavy atom. The molecule has 1 fully saturated rings. The summed E-state index contributed by atoms with van der Waals surface area (Å²) in [5, 5.41) is 11.9. The van der Waals surface area contributed by atoms with E-state index in [1.807, 2.05) is 12.2 Å². The second-order valence-corrected chi connectivity index (χ2v) is 10.2. The minimum Gasteiger partial charge on any atom is -0.502 e. The van der Waals surface area contributed by atoms with Crippen LogP contribution < -0.4 is 14.9 Å². The van der Waals surface area contributed by atoms with Gasteiger partial charge in [-0.05, 0) is 71.7 Å². The SMILES string of the molecule is C=CC1=CCC2C(=O)N(Nc3ccc(F)cc3)C(=O)C2(c2ccc(Cl)cc2)C1C=Cc1cc(OC)c(O)c(OC)c1. The van der Waals surface area contributed by atoms with Crippen molar-refractivity contribution in [2.45, 2.75) is 11.8 Å². The first kappa shape index (κ1) is 28.0. The molecule has 9 heteroatoms. The van der Waals surface area contributed by atoms with E-state index in [1.54, 1.807) is 48.6 Å². The molecule has 3 atom stereocenters. The van der Waals surface area contributed by atoms with E-state index in [-0.39, 0.29) is 17.2 Å². The molecule has 0 radical (unpaired) electrons. The monoisotopic (exact) mass is 574 g/mol. The van der Waals surface area contributed by atoms with Gasteiger partial charge in [0.1, 0.15) is 5.82 Å². The van der Waals surface area contributed by atoms with Crippen molar-refractivity contribution in [3.8, 4) is 17.2 Å². The van der Waals surface area contributed by atoms with E-state index in [4.69, 9.17) is 21.1 Å². The van der Waals surface area contributed by atoms with E-state index in [0.29, 0.717) is 28.3 Å². The predicted molar refractivity (Wildman–Crippen MR) is 155 cm³/mol. The van der Waals surface area contributed by atoms with E-state index in [1.165, 1.54) is 38.5 Å². The van der Waals surface area contributed by atoms with Crippen LogP contribution in [0.4, 0.5) is 10.1 Å². The molecule has 3 aromatic carbocycles. The number of hydrogen-bond acceptors (Lipinski definition) is 6. The van der Waals surface area contributed by atoms with E-state index >= 15 is 0 Å². The first-order valence-corrected chi connectivity index (χ1v) is 13.2. The van der Waals surface area contributed by atoms with Gasteiger partial charge in [0.05, 0.1) is 31.2 Å². The number of nitrogens with one attached hydrogen (secondary N) is 1. The number of anilines is 1. The van der Waals surface area contributed by atoms with Crippen molar-refractivity contribution >= 4 is 35.2 Å². The number of hydrazine groups is 1. The zero-order valence-corrected chi connectivity index (χ0v) is 23.2. The third kappa shape index (κ3) is 4.74. The third-order valence-corrected chi connectivity index (χ3v) is 7.94. The Balaban J connectivity index is 1.66. The molecule has 7 nitrogen and oxygen atoms in total. The van der Waals surface area contributed by atoms with E-state index < -0.39 is 34.9 Å². The van der Waals surface area contributed by atoms with Crippen molar-refractivity contribution in [1.82, 2.24) is 5.01 Å². The molecule has 210 valence electrons. The molecular formula is C32H28ClFN2O5. The van der Waals surface area contributed by atoms with Gasteiger partial charge in [-0.25, -0.2) is 4.39 Å². The third-order valence-electron chi connectivity index (χ3n) is 7.69. The van der Waals surface area contributed by atoms with Crippen LogP contribution >= 0.6 is 11.6 Å².